The maximum atomic E-state index is 12.8. The fourth-order valence-corrected chi connectivity index (χ4v) is 2.26. The molecular weight excluding hydrogens is 269 g/mol. The van der Waals surface area contributed by atoms with Crippen LogP contribution < -0.4 is 10.6 Å². The van der Waals surface area contributed by atoms with Gasteiger partial charge in [-0.2, -0.15) is 18.2 Å². The molecule has 2 rings (SSSR count). The van der Waals surface area contributed by atoms with Crippen LogP contribution in [0.25, 0.3) is 0 Å². The summed E-state index contributed by atoms with van der Waals surface area (Å²) in [6.45, 7) is 2.47. The predicted molar refractivity (Wildman–Crippen MR) is 71.7 cm³/mol. The fourth-order valence-electron chi connectivity index (χ4n) is 2.26. The van der Waals surface area contributed by atoms with Gasteiger partial charge in [-0.1, -0.05) is 19.8 Å². The Morgan fingerprint density at radius 1 is 1.25 bits per heavy atom. The van der Waals surface area contributed by atoms with Crippen molar-refractivity contribution in [1.29, 1.82) is 0 Å². The Hall–Kier alpha value is -1.53. The van der Waals surface area contributed by atoms with Gasteiger partial charge in [-0.25, -0.2) is 4.98 Å². The number of nitrogens with one attached hydrogen (secondary N) is 2. The van der Waals surface area contributed by atoms with Gasteiger partial charge in [-0.3, -0.25) is 0 Å². The average Bonchev–Trinajstić information content (AvgIpc) is 2.88. The van der Waals surface area contributed by atoms with E-state index in [2.05, 4.69) is 20.6 Å². The molecule has 112 valence electrons. The second-order valence-electron chi connectivity index (χ2n) is 5.01. The number of rotatable bonds is 5. The highest BCUT2D eigenvalue weighted by Crippen LogP contribution is 2.30. The molecule has 0 atom stereocenters. The third-order valence-electron chi connectivity index (χ3n) is 3.26. The molecule has 1 heterocycles. The summed E-state index contributed by atoms with van der Waals surface area (Å²) in [6, 6.07) is 1.19. The maximum absolute atomic E-state index is 12.8. The van der Waals surface area contributed by atoms with Gasteiger partial charge in [0.25, 0.3) is 0 Å². The SMILES string of the molecule is CCCNc1nc(NC2CCCC2)cc(C(F)(F)F)n1. The molecule has 0 aliphatic heterocycles. The molecule has 0 radical (unpaired) electrons. The lowest BCUT2D eigenvalue weighted by Crippen LogP contribution is -2.19. The van der Waals surface area contributed by atoms with E-state index >= 15 is 0 Å². The molecule has 1 saturated carbocycles. The lowest BCUT2D eigenvalue weighted by atomic mass is 10.2. The van der Waals surface area contributed by atoms with E-state index in [1.807, 2.05) is 6.92 Å². The van der Waals surface area contributed by atoms with Gasteiger partial charge >= 0.3 is 6.18 Å². The van der Waals surface area contributed by atoms with Gasteiger partial charge in [-0.05, 0) is 19.3 Å². The number of hydrogen-bond acceptors (Lipinski definition) is 4. The lowest BCUT2D eigenvalue weighted by molar-refractivity contribution is -0.141. The number of aromatic nitrogens is 2. The molecule has 1 aromatic rings. The van der Waals surface area contributed by atoms with E-state index in [9.17, 15) is 13.2 Å². The third kappa shape index (κ3) is 3.98. The number of halogens is 3. The molecule has 1 aliphatic carbocycles. The molecule has 1 fully saturated rings. The average molecular weight is 288 g/mol. The van der Waals surface area contributed by atoms with Crippen molar-refractivity contribution in [2.75, 3.05) is 17.2 Å². The van der Waals surface area contributed by atoms with Crippen LogP contribution in [-0.4, -0.2) is 22.6 Å². The van der Waals surface area contributed by atoms with Crippen molar-refractivity contribution in [1.82, 2.24) is 9.97 Å². The van der Waals surface area contributed by atoms with Crippen molar-refractivity contribution >= 4 is 11.8 Å². The molecule has 0 amide bonds. The quantitative estimate of drug-likeness (QED) is 0.868. The lowest BCUT2D eigenvalue weighted by Gasteiger charge is -2.15. The molecule has 20 heavy (non-hydrogen) atoms. The third-order valence-corrected chi connectivity index (χ3v) is 3.26. The molecular formula is C13H19F3N4. The second kappa shape index (κ2) is 6.28. The van der Waals surface area contributed by atoms with Crippen LogP contribution in [-0.2, 0) is 6.18 Å². The first kappa shape index (κ1) is 14.9. The van der Waals surface area contributed by atoms with E-state index in [0.29, 0.717) is 6.54 Å². The van der Waals surface area contributed by atoms with Gasteiger partial charge in [0.15, 0.2) is 5.69 Å². The molecule has 1 aliphatic rings. The second-order valence-corrected chi connectivity index (χ2v) is 5.01. The number of hydrogen-bond donors (Lipinski definition) is 2. The van der Waals surface area contributed by atoms with Crippen molar-refractivity contribution in [2.24, 2.45) is 0 Å². The minimum atomic E-state index is -4.46. The van der Waals surface area contributed by atoms with Gasteiger partial charge in [0.1, 0.15) is 5.82 Å². The number of nitrogens with zero attached hydrogens (tertiary/aromatic N) is 2. The summed E-state index contributed by atoms with van der Waals surface area (Å²) in [5, 5.41) is 5.89. The minimum absolute atomic E-state index is 0.0298. The highest BCUT2D eigenvalue weighted by molar-refractivity contribution is 5.44. The van der Waals surface area contributed by atoms with Crippen molar-refractivity contribution in [3.63, 3.8) is 0 Å². The Balaban J connectivity index is 2.19. The highest BCUT2D eigenvalue weighted by atomic mass is 19.4. The summed E-state index contributed by atoms with van der Waals surface area (Å²) in [7, 11) is 0. The molecule has 1 aromatic heterocycles. The van der Waals surface area contributed by atoms with Crippen LogP contribution >= 0.6 is 0 Å². The van der Waals surface area contributed by atoms with Crippen LogP contribution in [0.4, 0.5) is 24.9 Å². The summed E-state index contributed by atoms with van der Waals surface area (Å²) < 4.78 is 38.5. The van der Waals surface area contributed by atoms with E-state index in [1.54, 1.807) is 0 Å². The van der Waals surface area contributed by atoms with Crippen LogP contribution in [0.15, 0.2) is 6.07 Å². The number of alkyl halides is 3. The fraction of sp³-hybridized carbons (Fsp3) is 0.692. The van der Waals surface area contributed by atoms with Gasteiger partial charge < -0.3 is 10.6 Å². The van der Waals surface area contributed by atoms with Gasteiger partial charge in [-0.15, -0.1) is 0 Å². The van der Waals surface area contributed by atoms with Crippen molar-refractivity contribution in [2.45, 2.75) is 51.2 Å². The van der Waals surface area contributed by atoms with Crippen LogP contribution in [0.5, 0.6) is 0 Å². The van der Waals surface area contributed by atoms with Crippen LogP contribution in [0.2, 0.25) is 0 Å². The van der Waals surface area contributed by atoms with Crippen molar-refractivity contribution in [3.8, 4) is 0 Å². The van der Waals surface area contributed by atoms with Gasteiger partial charge in [0.2, 0.25) is 5.95 Å². The van der Waals surface area contributed by atoms with E-state index in [1.165, 1.54) is 0 Å². The molecule has 0 spiro atoms. The molecule has 0 saturated heterocycles. The Morgan fingerprint density at radius 3 is 2.55 bits per heavy atom. The highest BCUT2D eigenvalue weighted by Gasteiger charge is 2.34. The molecule has 2 N–H and O–H groups in total. The maximum Gasteiger partial charge on any atom is 0.433 e. The van der Waals surface area contributed by atoms with E-state index in [-0.39, 0.29) is 17.8 Å². The first-order chi connectivity index (χ1) is 9.49. The normalized spacial score (nSPS) is 16.4. The van der Waals surface area contributed by atoms with Crippen LogP contribution in [0.3, 0.4) is 0 Å². The largest absolute Gasteiger partial charge is 0.433 e. The first-order valence-corrected chi connectivity index (χ1v) is 6.95. The zero-order valence-corrected chi connectivity index (χ0v) is 11.4. The predicted octanol–water partition coefficient (Wildman–Crippen LogP) is 3.67. The van der Waals surface area contributed by atoms with Gasteiger partial charge in [0.05, 0.1) is 0 Å². The van der Waals surface area contributed by atoms with E-state index in [4.69, 9.17) is 0 Å². The Kier molecular flexibility index (Phi) is 4.67. The van der Waals surface area contributed by atoms with E-state index in [0.717, 1.165) is 38.2 Å². The zero-order chi connectivity index (χ0) is 14.6. The molecule has 7 heteroatoms. The van der Waals surface area contributed by atoms with Crippen molar-refractivity contribution < 1.29 is 13.2 Å². The van der Waals surface area contributed by atoms with E-state index < -0.39 is 11.9 Å². The molecule has 4 nitrogen and oxygen atoms in total. The summed E-state index contributed by atoms with van der Waals surface area (Å²) in [5.74, 6) is 0.278. The summed E-state index contributed by atoms with van der Waals surface area (Å²) >= 11 is 0. The zero-order valence-electron chi connectivity index (χ0n) is 11.4. The topological polar surface area (TPSA) is 49.8 Å². The smallest absolute Gasteiger partial charge is 0.367 e. The summed E-state index contributed by atoms with van der Waals surface area (Å²) in [5.41, 5.74) is -0.911. The first-order valence-electron chi connectivity index (χ1n) is 6.95. The van der Waals surface area contributed by atoms with Crippen LogP contribution in [0.1, 0.15) is 44.7 Å². The van der Waals surface area contributed by atoms with Gasteiger partial charge in [0, 0.05) is 18.7 Å². The summed E-state index contributed by atoms with van der Waals surface area (Å²) in [4.78, 5) is 7.64. The molecule has 0 aromatic carbocycles. The Bertz CT molecular complexity index is 442. The van der Waals surface area contributed by atoms with Crippen LogP contribution in [0, 0.1) is 0 Å². The minimum Gasteiger partial charge on any atom is -0.367 e. The Morgan fingerprint density at radius 2 is 1.95 bits per heavy atom. The van der Waals surface area contributed by atoms with Crippen molar-refractivity contribution in [3.05, 3.63) is 11.8 Å². The monoisotopic (exact) mass is 288 g/mol. The molecule has 0 unspecified atom stereocenters. The molecule has 0 bridgehead atoms. The standard InChI is InChI=1S/C13H19F3N4/c1-2-7-17-12-19-10(13(14,15)16)8-11(20-12)18-9-5-3-4-6-9/h8-9H,2-7H2,1H3,(H2,17,18,19,20). The Labute approximate surface area is 116 Å². The summed E-state index contributed by atoms with van der Waals surface area (Å²) in [6.07, 6.45) is 0.500. The number of anilines is 2.